The first-order valence-electron chi connectivity index (χ1n) is 10.9. The van der Waals surface area contributed by atoms with E-state index in [1.54, 1.807) is 6.07 Å². The van der Waals surface area contributed by atoms with E-state index in [1.807, 2.05) is 37.3 Å². The van der Waals surface area contributed by atoms with Gasteiger partial charge in [0.1, 0.15) is 11.6 Å². The second kappa shape index (κ2) is 11.3. The normalized spacial score (nSPS) is 12.0. The van der Waals surface area contributed by atoms with Gasteiger partial charge in [0.25, 0.3) is 5.56 Å². The minimum Gasteiger partial charge on any atom is -0.369 e. The monoisotopic (exact) mass is 497 g/mol. The van der Waals surface area contributed by atoms with Crippen LogP contribution in [0.1, 0.15) is 29.3 Å². The Morgan fingerprint density at radius 3 is 2.54 bits per heavy atom. The van der Waals surface area contributed by atoms with E-state index in [0.717, 1.165) is 17.7 Å². The Morgan fingerprint density at radius 1 is 1.00 bits per heavy atom. The molecule has 0 spiro atoms. The lowest BCUT2D eigenvalue weighted by atomic mass is 10.1. The Hall–Kier alpha value is -3.43. The highest BCUT2D eigenvalue weighted by Crippen LogP contribution is 2.28. The van der Waals surface area contributed by atoms with E-state index in [-0.39, 0.29) is 18.3 Å². The fourth-order valence-corrected chi connectivity index (χ4v) is 4.34. The molecule has 2 aromatic carbocycles. The third kappa shape index (κ3) is 6.58. The summed E-state index contributed by atoms with van der Waals surface area (Å²) in [7, 11) is 0. The number of thioether (sulfide) groups is 1. The van der Waals surface area contributed by atoms with Gasteiger partial charge in [-0.05, 0) is 37.1 Å². The molecule has 1 N–H and O–H groups in total. The van der Waals surface area contributed by atoms with Crippen molar-refractivity contribution in [1.82, 2.24) is 15.0 Å². The maximum Gasteiger partial charge on any atom is 0.283 e. The zero-order valence-electron chi connectivity index (χ0n) is 18.8. The molecular formula is C26H22F3N3O2S. The van der Waals surface area contributed by atoms with Gasteiger partial charge in [-0.1, -0.05) is 48.2 Å². The van der Waals surface area contributed by atoms with E-state index in [4.69, 9.17) is 4.74 Å². The van der Waals surface area contributed by atoms with Gasteiger partial charge in [-0.3, -0.25) is 4.79 Å². The van der Waals surface area contributed by atoms with Crippen molar-refractivity contribution in [2.24, 2.45) is 0 Å². The van der Waals surface area contributed by atoms with Crippen LogP contribution < -0.4 is 5.56 Å². The number of benzene rings is 2. The molecule has 0 fully saturated rings. The molecular weight excluding hydrogens is 475 g/mol. The number of nitrogens with one attached hydrogen (secondary N) is 1. The van der Waals surface area contributed by atoms with E-state index in [9.17, 15) is 18.0 Å². The zero-order valence-corrected chi connectivity index (χ0v) is 19.6. The number of rotatable bonds is 9. The average molecular weight is 498 g/mol. The van der Waals surface area contributed by atoms with Crippen molar-refractivity contribution in [3.05, 3.63) is 111 Å². The highest BCUT2D eigenvalue weighted by Gasteiger charge is 2.15. The molecule has 2 aromatic heterocycles. The van der Waals surface area contributed by atoms with Crippen LogP contribution in [0, 0.1) is 24.4 Å². The summed E-state index contributed by atoms with van der Waals surface area (Å²) in [6.07, 6.45) is 1.66. The van der Waals surface area contributed by atoms with Gasteiger partial charge in [-0.25, -0.2) is 23.1 Å². The molecule has 0 bridgehead atoms. The Balaban J connectivity index is 1.45. The van der Waals surface area contributed by atoms with Gasteiger partial charge in [0, 0.05) is 34.8 Å². The van der Waals surface area contributed by atoms with Crippen LogP contribution in [0.3, 0.4) is 0 Å². The molecule has 4 aromatic rings. The number of nitrogens with zero attached hydrogens (tertiary/aromatic N) is 2. The van der Waals surface area contributed by atoms with Crippen molar-refractivity contribution in [3.8, 4) is 11.3 Å². The number of pyridine rings is 1. The Morgan fingerprint density at radius 2 is 1.80 bits per heavy atom. The van der Waals surface area contributed by atoms with Gasteiger partial charge < -0.3 is 9.72 Å². The van der Waals surface area contributed by atoms with Crippen molar-refractivity contribution in [2.45, 2.75) is 31.2 Å². The number of hydrogen-bond acceptors (Lipinski definition) is 5. The van der Waals surface area contributed by atoms with E-state index < -0.39 is 23.0 Å². The molecule has 0 saturated carbocycles. The molecule has 4 rings (SSSR count). The maximum absolute atomic E-state index is 14.1. The fraction of sp³-hybridized carbons (Fsp3) is 0.192. The predicted octanol–water partition coefficient (Wildman–Crippen LogP) is 6.00. The first kappa shape index (κ1) is 24.7. The van der Waals surface area contributed by atoms with E-state index in [0.29, 0.717) is 34.3 Å². The zero-order chi connectivity index (χ0) is 24.8. The number of aryl methyl sites for hydroxylation is 1. The molecule has 1 unspecified atom stereocenters. The van der Waals surface area contributed by atoms with Gasteiger partial charge in [-0.2, -0.15) is 0 Å². The molecule has 9 heteroatoms. The lowest BCUT2D eigenvalue weighted by Gasteiger charge is -2.18. The summed E-state index contributed by atoms with van der Waals surface area (Å²) in [6.45, 7) is 1.81. The van der Waals surface area contributed by atoms with Crippen LogP contribution in [0.5, 0.6) is 0 Å². The molecule has 5 nitrogen and oxygen atoms in total. The predicted molar refractivity (Wildman–Crippen MR) is 128 cm³/mol. The van der Waals surface area contributed by atoms with Gasteiger partial charge in [0.15, 0.2) is 11.0 Å². The molecule has 0 aliphatic rings. The number of ether oxygens (including phenoxy) is 1. The number of H-pyrrole nitrogens is 1. The van der Waals surface area contributed by atoms with Gasteiger partial charge in [-0.15, -0.1) is 0 Å². The van der Waals surface area contributed by atoms with E-state index in [2.05, 4.69) is 15.0 Å². The molecule has 2 heterocycles. The molecule has 0 aliphatic carbocycles. The number of aromatic nitrogens is 3. The van der Waals surface area contributed by atoms with E-state index in [1.165, 1.54) is 30.1 Å². The summed E-state index contributed by atoms with van der Waals surface area (Å²) >= 11 is 1.41. The highest BCUT2D eigenvalue weighted by molar-refractivity contribution is 7.99. The van der Waals surface area contributed by atoms with Crippen LogP contribution in [-0.2, 0) is 11.3 Å². The third-order valence-corrected chi connectivity index (χ3v) is 6.11. The molecule has 0 aliphatic heterocycles. The van der Waals surface area contributed by atoms with Crippen molar-refractivity contribution in [3.63, 3.8) is 0 Å². The molecule has 180 valence electrons. The highest BCUT2D eigenvalue weighted by atomic mass is 32.2. The van der Waals surface area contributed by atoms with Crippen LogP contribution in [0.15, 0.2) is 76.8 Å². The van der Waals surface area contributed by atoms with Crippen molar-refractivity contribution < 1.29 is 17.9 Å². The van der Waals surface area contributed by atoms with Gasteiger partial charge in [0.05, 0.1) is 18.4 Å². The van der Waals surface area contributed by atoms with Crippen LogP contribution >= 0.6 is 11.8 Å². The molecule has 1 atom stereocenters. The molecule has 0 saturated heterocycles. The summed E-state index contributed by atoms with van der Waals surface area (Å²) in [5.41, 5.74) is 2.07. The fourth-order valence-electron chi connectivity index (χ4n) is 3.46. The standard InChI is InChI=1S/C26H22F3N3O2S/c1-16-11-23(19-12-22(29)25(33)30-14-19)32-26(31-16)35-10-9-24(17-5-3-2-4-6-17)34-15-18-7-8-20(27)13-21(18)28/h2-8,11-14,24H,9-10,15H2,1H3,(H,30,33). The SMILES string of the molecule is Cc1cc(-c2c[nH]c(=O)c(F)c2)nc(SCCC(OCc2ccc(F)cc2F)c2ccccc2)n1. The minimum absolute atomic E-state index is 0.000786. The summed E-state index contributed by atoms with van der Waals surface area (Å²) in [5.74, 6) is -1.57. The topological polar surface area (TPSA) is 67.9 Å². The first-order chi connectivity index (χ1) is 16.9. The smallest absolute Gasteiger partial charge is 0.283 e. The lowest BCUT2D eigenvalue weighted by Crippen LogP contribution is -2.09. The number of hydrogen-bond donors (Lipinski definition) is 1. The van der Waals surface area contributed by atoms with Gasteiger partial charge >= 0.3 is 0 Å². The third-order valence-electron chi connectivity index (χ3n) is 5.23. The number of halogens is 3. The average Bonchev–Trinajstić information content (AvgIpc) is 2.84. The lowest BCUT2D eigenvalue weighted by molar-refractivity contribution is 0.0363. The van der Waals surface area contributed by atoms with Crippen LogP contribution in [-0.4, -0.2) is 20.7 Å². The van der Waals surface area contributed by atoms with Crippen molar-refractivity contribution in [2.75, 3.05) is 5.75 Å². The summed E-state index contributed by atoms with van der Waals surface area (Å²) in [5, 5.41) is 0.503. The quantitative estimate of drug-likeness (QED) is 0.227. The first-order valence-corrected chi connectivity index (χ1v) is 11.8. The minimum atomic E-state index is -0.881. The van der Waals surface area contributed by atoms with Gasteiger partial charge in [0.2, 0.25) is 0 Å². The Labute approximate surface area is 204 Å². The second-order valence-corrected chi connectivity index (χ2v) is 8.89. The molecule has 0 amide bonds. The van der Waals surface area contributed by atoms with Crippen molar-refractivity contribution in [1.29, 1.82) is 0 Å². The largest absolute Gasteiger partial charge is 0.369 e. The summed E-state index contributed by atoms with van der Waals surface area (Å²) in [4.78, 5) is 22.6. The summed E-state index contributed by atoms with van der Waals surface area (Å²) < 4.78 is 47.0. The van der Waals surface area contributed by atoms with Crippen LogP contribution in [0.25, 0.3) is 11.3 Å². The van der Waals surface area contributed by atoms with Crippen molar-refractivity contribution >= 4 is 11.8 Å². The van der Waals surface area contributed by atoms with E-state index >= 15 is 0 Å². The Kier molecular flexibility index (Phi) is 7.99. The second-order valence-electron chi connectivity index (χ2n) is 7.83. The summed E-state index contributed by atoms with van der Waals surface area (Å²) in [6, 6.07) is 15.8. The van der Waals surface area contributed by atoms with Crippen LogP contribution in [0.4, 0.5) is 13.2 Å². The molecule has 0 radical (unpaired) electrons. The van der Waals surface area contributed by atoms with Crippen LogP contribution in [0.2, 0.25) is 0 Å². The number of aromatic amines is 1. The molecule has 35 heavy (non-hydrogen) atoms. The maximum atomic E-state index is 14.1. The Bertz CT molecular complexity index is 1370.